The number of hydrogen-bond donors (Lipinski definition) is 2. The molecule has 0 radical (unpaired) electrons. The van der Waals surface area contributed by atoms with Crippen LogP contribution < -0.4 is 16.0 Å². The minimum atomic E-state index is -0.583. The van der Waals surface area contributed by atoms with Gasteiger partial charge in [-0.25, -0.2) is 9.18 Å². The highest BCUT2D eigenvalue weighted by Crippen LogP contribution is 2.27. The monoisotopic (exact) mass is 439 g/mol. The number of hydrogen-bond acceptors (Lipinski definition) is 6. The summed E-state index contributed by atoms with van der Waals surface area (Å²) < 4.78 is 20.4. The summed E-state index contributed by atoms with van der Waals surface area (Å²) in [4.78, 5) is 28.0. The van der Waals surface area contributed by atoms with Gasteiger partial charge in [0.1, 0.15) is 17.4 Å². The third-order valence-electron chi connectivity index (χ3n) is 4.46. The molecule has 2 heterocycles. The number of nitrogens with zero attached hydrogens (tertiary/aromatic N) is 3. The largest absolute Gasteiger partial charge is 0.497 e. The Morgan fingerprint density at radius 3 is 2.61 bits per heavy atom. The van der Waals surface area contributed by atoms with Crippen LogP contribution in [-0.2, 0) is 12.2 Å². The van der Waals surface area contributed by atoms with Crippen LogP contribution >= 0.6 is 11.8 Å². The Bertz CT molecular complexity index is 1290. The zero-order chi connectivity index (χ0) is 21.8. The van der Waals surface area contributed by atoms with E-state index >= 15 is 0 Å². The van der Waals surface area contributed by atoms with E-state index in [2.05, 4.69) is 20.2 Å². The van der Waals surface area contributed by atoms with Crippen molar-refractivity contribution in [2.75, 3.05) is 7.11 Å². The Balaban J connectivity index is 1.71. The van der Waals surface area contributed by atoms with Crippen LogP contribution in [-0.4, -0.2) is 31.8 Å². The smallest absolute Gasteiger partial charge is 0.325 e. The summed E-state index contributed by atoms with van der Waals surface area (Å²) in [6.07, 6.45) is 0.195. The number of aromatic amines is 2. The van der Waals surface area contributed by atoms with Gasteiger partial charge < -0.3 is 9.72 Å². The molecule has 2 N–H and O–H groups in total. The first-order chi connectivity index (χ1) is 15.0. The predicted molar refractivity (Wildman–Crippen MR) is 114 cm³/mol. The Labute approximate surface area is 180 Å². The van der Waals surface area contributed by atoms with Crippen LogP contribution in [0.2, 0.25) is 0 Å². The molecular weight excluding hydrogens is 421 g/mol. The summed E-state index contributed by atoms with van der Waals surface area (Å²) in [6.45, 7) is 0. The van der Waals surface area contributed by atoms with Gasteiger partial charge in [-0.2, -0.15) is 0 Å². The van der Waals surface area contributed by atoms with E-state index in [1.807, 2.05) is 28.8 Å². The molecule has 2 aromatic heterocycles. The third-order valence-corrected chi connectivity index (χ3v) is 5.46. The number of benzene rings is 2. The van der Waals surface area contributed by atoms with Crippen molar-refractivity contribution in [3.8, 4) is 11.4 Å². The molecule has 0 saturated heterocycles. The van der Waals surface area contributed by atoms with Gasteiger partial charge in [-0.1, -0.05) is 30.0 Å². The summed E-state index contributed by atoms with van der Waals surface area (Å²) in [7, 11) is 1.58. The lowest BCUT2D eigenvalue weighted by Crippen LogP contribution is -2.23. The minimum absolute atomic E-state index is 0.195. The second-order valence-electron chi connectivity index (χ2n) is 6.64. The van der Waals surface area contributed by atoms with Crippen LogP contribution in [0.25, 0.3) is 5.69 Å². The van der Waals surface area contributed by atoms with Gasteiger partial charge in [0.2, 0.25) is 0 Å². The summed E-state index contributed by atoms with van der Waals surface area (Å²) in [5.41, 5.74) is 1.05. The fraction of sp³-hybridized carbons (Fsp3) is 0.143. The van der Waals surface area contributed by atoms with Gasteiger partial charge >= 0.3 is 5.69 Å². The van der Waals surface area contributed by atoms with Crippen LogP contribution in [0, 0.1) is 5.82 Å². The lowest BCUT2D eigenvalue weighted by atomic mass is 10.2. The van der Waals surface area contributed by atoms with Gasteiger partial charge in [0, 0.05) is 30.0 Å². The van der Waals surface area contributed by atoms with Crippen LogP contribution in [0.15, 0.2) is 69.3 Å². The van der Waals surface area contributed by atoms with E-state index in [4.69, 9.17) is 4.74 Å². The highest BCUT2D eigenvalue weighted by Gasteiger charge is 2.16. The molecule has 0 aliphatic heterocycles. The lowest BCUT2D eigenvalue weighted by Gasteiger charge is -2.11. The fourth-order valence-corrected chi connectivity index (χ4v) is 3.96. The van der Waals surface area contributed by atoms with Gasteiger partial charge in [0.05, 0.1) is 12.8 Å². The maximum Gasteiger partial charge on any atom is 0.325 e. The second-order valence-corrected chi connectivity index (χ2v) is 7.58. The van der Waals surface area contributed by atoms with Gasteiger partial charge in [0.25, 0.3) is 5.56 Å². The number of H-pyrrole nitrogens is 2. The second kappa shape index (κ2) is 9.00. The highest BCUT2D eigenvalue weighted by molar-refractivity contribution is 7.98. The number of nitrogens with one attached hydrogen (secondary N) is 2. The molecule has 0 aliphatic carbocycles. The molecule has 0 atom stereocenters. The van der Waals surface area contributed by atoms with Crippen molar-refractivity contribution in [2.45, 2.75) is 17.3 Å². The van der Waals surface area contributed by atoms with Crippen molar-refractivity contribution in [1.29, 1.82) is 0 Å². The van der Waals surface area contributed by atoms with E-state index < -0.39 is 11.2 Å². The molecule has 0 unspecified atom stereocenters. The number of thioether (sulfide) groups is 1. The minimum Gasteiger partial charge on any atom is -0.497 e. The van der Waals surface area contributed by atoms with E-state index in [1.54, 1.807) is 19.2 Å². The van der Waals surface area contributed by atoms with Crippen molar-refractivity contribution >= 4 is 11.8 Å². The van der Waals surface area contributed by atoms with E-state index in [0.29, 0.717) is 28.2 Å². The van der Waals surface area contributed by atoms with Gasteiger partial charge in [-0.3, -0.25) is 14.3 Å². The van der Waals surface area contributed by atoms with E-state index in [1.165, 1.54) is 30.0 Å². The zero-order valence-electron chi connectivity index (χ0n) is 16.5. The Kier molecular flexibility index (Phi) is 5.99. The van der Waals surface area contributed by atoms with Crippen LogP contribution in [0.4, 0.5) is 4.39 Å². The molecule has 0 saturated carbocycles. The van der Waals surface area contributed by atoms with Crippen molar-refractivity contribution in [1.82, 2.24) is 24.7 Å². The van der Waals surface area contributed by atoms with Crippen molar-refractivity contribution in [3.63, 3.8) is 0 Å². The highest BCUT2D eigenvalue weighted by atomic mass is 32.2. The average molecular weight is 439 g/mol. The van der Waals surface area contributed by atoms with Crippen LogP contribution in [0.5, 0.6) is 5.75 Å². The van der Waals surface area contributed by atoms with Crippen LogP contribution in [0.1, 0.15) is 17.1 Å². The van der Waals surface area contributed by atoms with E-state index in [9.17, 15) is 14.0 Å². The zero-order valence-corrected chi connectivity index (χ0v) is 17.3. The Morgan fingerprint density at radius 1 is 1.06 bits per heavy atom. The number of halogens is 1. The van der Waals surface area contributed by atoms with Gasteiger partial charge in [-0.05, 0) is 29.8 Å². The normalized spacial score (nSPS) is 10.9. The topological polar surface area (TPSA) is 106 Å². The molecular formula is C21H18FN5O3S. The molecule has 0 bridgehead atoms. The van der Waals surface area contributed by atoms with Crippen molar-refractivity contribution in [3.05, 3.63) is 98.3 Å². The summed E-state index contributed by atoms with van der Waals surface area (Å²) in [5, 5.41) is 9.20. The summed E-state index contributed by atoms with van der Waals surface area (Å²) in [6, 6.07) is 15.0. The van der Waals surface area contributed by atoms with E-state index in [0.717, 1.165) is 11.3 Å². The maximum absolute atomic E-state index is 13.2. The molecule has 2 aromatic carbocycles. The standard InChI is InChI=1S/C21H18FN5O3S/c1-30-17-4-2-3-16(11-17)27-18(9-15-10-19(28)24-20(29)23-15)25-26-21(27)31-12-13-5-7-14(22)8-6-13/h2-8,10-11H,9,12H2,1H3,(H2,23,24,28,29). The average Bonchev–Trinajstić information content (AvgIpc) is 3.15. The summed E-state index contributed by atoms with van der Waals surface area (Å²) in [5.74, 6) is 1.47. The first kappa shape index (κ1) is 20.6. The number of methoxy groups -OCH3 is 1. The van der Waals surface area contributed by atoms with Gasteiger partial charge in [-0.15, -0.1) is 10.2 Å². The Morgan fingerprint density at radius 2 is 1.87 bits per heavy atom. The maximum atomic E-state index is 13.2. The molecule has 0 aliphatic rings. The van der Waals surface area contributed by atoms with E-state index in [-0.39, 0.29) is 12.2 Å². The number of aromatic nitrogens is 5. The molecule has 158 valence electrons. The van der Waals surface area contributed by atoms with Crippen LogP contribution in [0.3, 0.4) is 0 Å². The quantitative estimate of drug-likeness (QED) is 0.429. The molecule has 0 amide bonds. The van der Waals surface area contributed by atoms with Crippen molar-refractivity contribution in [2.24, 2.45) is 0 Å². The molecule has 4 aromatic rings. The molecule has 8 nitrogen and oxygen atoms in total. The number of ether oxygens (including phenoxy) is 1. The summed E-state index contributed by atoms with van der Waals surface area (Å²) >= 11 is 1.44. The number of rotatable bonds is 7. The third kappa shape index (κ3) is 4.92. The van der Waals surface area contributed by atoms with Gasteiger partial charge in [0.15, 0.2) is 5.16 Å². The van der Waals surface area contributed by atoms with Crippen molar-refractivity contribution < 1.29 is 9.13 Å². The molecule has 0 fully saturated rings. The molecule has 0 spiro atoms. The first-order valence-corrected chi connectivity index (χ1v) is 10.3. The molecule has 10 heteroatoms. The fourth-order valence-electron chi connectivity index (χ4n) is 3.03. The predicted octanol–water partition coefficient (Wildman–Crippen LogP) is 2.67. The molecule has 31 heavy (non-hydrogen) atoms. The lowest BCUT2D eigenvalue weighted by molar-refractivity contribution is 0.414. The Hall–Kier alpha value is -3.66. The SMILES string of the molecule is COc1cccc(-n2c(Cc3cc(=O)[nH]c(=O)[nH]3)nnc2SCc2ccc(F)cc2)c1. The molecule has 4 rings (SSSR count). The first-order valence-electron chi connectivity index (χ1n) is 9.30.